The third-order valence-corrected chi connectivity index (χ3v) is 9.12. The van der Waals surface area contributed by atoms with Gasteiger partial charge in [-0.25, -0.2) is 15.0 Å². The molecule has 0 spiro atoms. The molecule has 1 atom stereocenters. The first-order valence-electron chi connectivity index (χ1n) is 12.6. The van der Waals surface area contributed by atoms with Crippen molar-refractivity contribution in [3.05, 3.63) is 64.2 Å². The van der Waals surface area contributed by atoms with Crippen LogP contribution in [0.3, 0.4) is 0 Å². The maximum atomic E-state index is 12.6. The molecule has 0 amide bonds. The molecule has 0 aliphatic carbocycles. The molecule has 0 saturated carbocycles. The highest BCUT2D eigenvalue weighted by Crippen LogP contribution is 2.58. The fourth-order valence-corrected chi connectivity index (χ4v) is 7.35. The molecule has 1 unspecified atom stereocenters. The van der Waals surface area contributed by atoms with Crippen molar-refractivity contribution in [2.24, 2.45) is 0 Å². The van der Waals surface area contributed by atoms with Crippen LogP contribution in [0.2, 0.25) is 0 Å². The van der Waals surface area contributed by atoms with Gasteiger partial charge in [-0.15, -0.1) is 13.2 Å². The second kappa shape index (κ2) is 11.5. The third kappa shape index (κ3) is 6.84. The summed E-state index contributed by atoms with van der Waals surface area (Å²) < 4.78 is 58.5. The van der Waals surface area contributed by atoms with Crippen LogP contribution in [0, 0.1) is 0 Å². The molecular formula is C28H30F3N3O6S. The Labute approximate surface area is 237 Å². The molecule has 13 heteroatoms. The van der Waals surface area contributed by atoms with E-state index in [-0.39, 0.29) is 36.1 Å². The third-order valence-electron chi connectivity index (χ3n) is 6.08. The van der Waals surface area contributed by atoms with E-state index in [0.29, 0.717) is 22.6 Å². The van der Waals surface area contributed by atoms with Gasteiger partial charge in [0.1, 0.15) is 17.2 Å². The number of carboxylic acids is 1. The van der Waals surface area contributed by atoms with E-state index in [2.05, 4.69) is 19.7 Å². The van der Waals surface area contributed by atoms with Gasteiger partial charge in [0, 0.05) is 28.4 Å². The largest absolute Gasteiger partial charge is 0.573 e. The van der Waals surface area contributed by atoms with Crippen LogP contribution in [0.5, 0.6) is 11.8 Å². The van der Waals surface area contributed by atoms with E-state index in [4.69, 9.17) is 13.9 Å². The SMILES string of the molecule is CC1=CC(OCc2nc(-c3cnc(OC(C)C)nc3)c(-c3ccc(OC(F)(F)F)cc3)o2)=C(C)[SH]1C(C)(C)C(=O)O. The van der Waals surface area contributed by atoms with Crippen LogP contribution in [-0.2, 0) is 16.1 Å². The molecule has 0 saturated heterocycles. The molecular weight excluding hydrogens is 563 g/mol. The Bertz CT molecular complexity index is 1480. The lowest BCUT2D eigenvalue weighted by atomic mass is 10.1. The van der Waals surface area contributed by atoms with Crippen molar-refractivity contribution in [1.29, 1.82) is 0 Å². The number of allylic oxidation sites excluding steroid dienone is 3. The van der Waals surface area contributed by atoms with Gasteiger partial charge >= 0.3 is 18.3 Å². The highest BCUT2D eigenvalue weighted by molar-refractivity contribution is 8.25. The molecule has 0 radical (unpaired) electrons. The predicted octanol–water partition coefficient (Wildman–Crippen LogP) is 7.01. The molecule has 2 aromatic heterocycles. The molecule has 41 heavy (non-hydrogen) atoms. The van der Waals surface area contributed by atoms with Crippen LogP contribution in [0.15, 0.2) is 62.7 Å². The molecule has 1 N–H and O–H groups in total. The number of oxazole rings is 1. The van der Waals surface area contributed by atoms with Gasteiger partial charge in [0.25, 0.3) is 0 Å². The number of thiol groups is 1. The maximum absolute atomic E-state index is 12.6. The van der Waals surface area contributed by atoms with Crippen molar-refractivity contribution in [2.75, 3.05) is 0 Å². The van der Waals surface area contributed by atoms with Crippen molar-refractivity contribution >= 4 is 16.9 Å². The monoisotopic (exact) mass is 593 g/mol. The van der Waals surface area contributed by atoms with Crippen molar-refractivity contribution in [1.82, 2.24) is 15.0 Å². The van der Waals surface area contributed by atoms with E-state index >= 15 is 0 Å². The van der Waals surface area contributed by atoms with E-state index in [9.17, 15) is 23.1 Å². The number of aliphatic carboxylic acids is 1. The first-order chi connectivity index (χ1) is 19.2. The average molecular weight is 594 g/mol. The molecule has 3 aromatic rings. The maximum Gasteiger partial charge on any atom is 0.573 e. The highest BCUT2D eigenvalue weighted by Gasteiger charge is 2.39. The van der Waals surface area contributed by atoms with E-state index in [1.165, 1.54) is 36.7 Å². The number of hydrogen-bond donors (Lipinski definition) is 2. The van der Waals surface area contributed by atoms with Crippen molar-refractivity contribution in [3.63, 3.8) is 0 Å². The minimum atomic E-state index is -4.82. The van der Waals surface area contributed by atoms with Crippen molar-refractivity contribution in [3.8, 4) is 34.3 Å². The fourth-order valence-electron chi connectivity index (χ4n) is 4.31. The lowest BCUT2D eigenvalue weighted by Crippen LogP contribution is -2.31. The number of hydrogen-bond acceptors (Lipinski definition) is 8. The lowest BCUT2D eigenvalue weighted by Gasteiger charge is -2.33. The Hall–Kier alpha value is -4.00. The van der Waals surface area contributed by atoms with Crippen LogP contribution in [0.25, 0.3) is 22.6 Å². The standard InChI is InChI=1S/C28H30F3N3O6S/c1-15(2)38-26-32-12-19(13-33-26)23-24(18-7-9-20(10-8-18)40-28(29,30)31)39-22(34-23)14-37-21-11-16(3)41(17(21)4)27(5,6)25(35)36/h7-13,15,41H,14H2,1-6H3,(H,35,36). The van der Waals surface area contributed by atoms with Crippen LogP contribution >= 0.6 is 10.9 Å². The number of alkyl halides is 3. The highest BCUT2D eigenvalue weighted by atomic mass is 32.2. The number of rotatable bonds is 10. The Morgan fingerprint density at radius 3 is 2.27 bits per heavy atom. The first-order valence-corrected chi connectivity index (χ1v) is 13.9. The summed E-state index contributed by atoms with van der Waals surface area (Å²) in [6, 6.07) is 5.37. The predicted molar refractivity (Wildman–Crippen MR) is 147 cm³/mol. The number of halogens is 3. The van der Waals surface area contributed by atoms with Gasteiger partial charge in [-0.1, -0.05) is 0 Å². The Kier molecular flexibility index (Phi) is 8.39. The van der Waals surface area contributed by atoms with Gasteiger partial charge in [-0.05, 0) is 76.8 Å². The number of carbonyl (C=O) groups is 1. The molecule has 1 aliphatic heterocycles. The Morgan fingerprint density at radius 2 is 1.71 bits per heavy atom. The average Bonchev–Trinajstić information content (AvgIpc) is 3.42. The molecule has 3 heterocycles. The number of benzene rings is 1. The smallest absolute Gasteiger partial charge is 0.483 e. The van der Waals surface area contributed by atoms with Gasteiger partial charge in [-0.2, -0.15) is 10.9 Å². The van der Waals surface area contributed by atoms with Gasteiger partial charge in [0.15, 0.2) is 12.4 Å². The number of carboxylic acid groups (broad SMARTS) is 1. The zero-order valence-corrected chi connectivity index (χ0v) is 24.1. The van der Waals surface area contributed by atoms with Gasteiger partial charge in [-0.3, -0.25) is 4.79 Å². The minimum Gasteiger partial charge on any atom is -0.483 e. The van der Waals surface area contributed by atoms with Gasteiger partial charge in [0.05, 0.1) is 10.9 Å². The summed E-state index contributed by atoms with van der Waals surface area (Å²) in [5, 5.41) is 9.73. The van der Waals surface area contributed by atoms with E-state index in [1.54, 1.807) is 13.8 Å². The number of aromatic nitrogens is 3. The molecule has 4 rings (SSSR count). The fraction of sp³-hybridized carbons (Fsp3) is 0.357. The van der Waals surface area contributed by atoms with Crippen LogP contribution < -0.4 is 9.47 Å². The minimum absolute atomic E-state index is 0.0786. The quantitative estimate of drug-likeness (QED) is 0.239. The summed E-state index contributed by atoms with van der Waals surface area (Å²) in [4.78, 5) is 26.6. The zero-order chi connectivity index (χ0) is 30.1. The normalized spacial score (nSPS) is 16.6. The van der Waals surface area contributed by atoms with Crippen LogP contribution in [0.1, 0.15) is 47.4 Å². The second-order valence-electron chi connectivity index (χ2n) is 10.0. The Balaban J connectivity index is 1.65. The summed E-state index contributed by atoms with van der Waals surface area (Å²) in [5.74, 6) is -0.264. The number of nitrogens with zero attached hydrogens (tertiary/aromatic N) is 3. The number of ether oxygens (including phenoxy) is 3. The van der Waals surface area contributed by atoms with Crippen LogP contribution in [-0.4, -0.2) is 43.2 Å². The molecule has 1 aliphatic rings. The molecule has 0 fully saturated rings. The van der Waals surface area contributed by atoms with Gasteiger partial charge in [0.2, 0.25) is 5.89 Å². The van der Waals surface area contributed by atoms with Gasteiger partial charge < -0.3 is 23.7 Å². The first kappa shape index (κ1) is 30.0. The summed E-state index contributed by atoms with van der Waals surface area (Å²) in [6.07, 6.45) is -0.0981. The summed E-state index contributed by atoms with van der Waals surface area (Å²) in [6.45, 7) is 10.7. The molecule has 0 bridgehead atoms. The summed E-state index contributed by atoms with van der Waals surface area (Å²) >= 11 is 0. The molecule has 1 aromatic carbocycles. The molecule has 220 valence electrons. The molecule has 9 nitrogen and oxygen atoms in total. The summed E-state index contributed by atoms with van der Waals surface area (Å²) in [5.41, 5.74) is 1.28. The zero-order valence-electron chi connectivity index (χ0n) is 23.2. The van der Waals surface area contributed by atoms with Crippen molar-refractivity contribution in [2.45, 2.75) is 65.4 Å². The topological polar surface area (TPSA) is 117 Å². The second-order valence-corrected chi connectivity index (χ2v) is 13.2. The van der Waals surface area contributed by atoms with E-state index < -0.39 is 28.0 Å². The van der Waals surface area contributed by atoms with Crippen LogP contribution in [0.4, 0.5) is 13.2 Å². The van der Waals surface area contributed by atoms with E-state index in [0.717, 1.165) is 9.81 Å². The lowest BCUT2D eigenvalue weighted by molar-refractivity contribution is -0.274. The van der Waals surface area contributed by atoms with Crippen molar-refractivity contribution < 1.29 is 41.7 Å². The summed E-state index contributed by atoms with van der Waals surface area (Å²) in [7, 11) is -1.12. The van der Waals surface area contributed by atoms with E-state index in [1.807, 2.05) is 33.8 Å². The Morgan fingerprint density at radius 1 is 1.07 bits per heavy atom.